The Balaban J connectivity index is 1.80. The fourth-order valence-corrected chi connectivity index (χ4v) is 4.86. The van der Waals surface area contributed by atoms with Crippen molar-refractivity contribution in [2.45, 2.75) is 52.6 Å². The average molecular weight is 431 g/mol. The molecule has 0 saturated carbocycles. The molecule has 1 amide bonds. The molecule has 1 aliphatic carbocycles. The SMILES string of the molecule is CCOC(=O)c1c(NC(=O)C(CC)OC(=O)c2ccncc2)sc2c1CCC(C)C2. The number of hydrogen-bond acceptors (Lipinski definition) is 7. The minimum Gasteiger partial charge on any atom is -0.462 e. The van der Waals surface area contributed by atoms with Gasteiger partial charge in [0.2, 0.25) is 0 Å². The van der Waals surface area contributed by atoms with Gasteiger partial charge in [0.25, 0.3) is 5.91 Å². The Morgan fingerprint density at radius 3 is 2.63 bits per heavy atom. The lowest BCUT2D eigenvalue weighted by molar-refractivity contribution is -0.124. The first-order valence-corrected chi connectivity index (χ1v) is 11.0. The predicted octanol–water partition coefficient (Wildman–Crippen LogP) is 4.02. The fraction of sp³-hybridized carbons (Fsp3) is 0.455. The normalized spacial score (nSPS) is 16.3. The van der Waals surface area contributed by atoms with E-state index in [9.17, 15) is 14.4 Å². The van der Waals surface area contributed by atoms with Crippen molar-refractivity contribution < 1.29 is 23.9 Å². The van der Waals surface area contributed by atoms with Crippen LogP contribution in [0.3, 0.4) is 0 Å². The van der Waals surface area contributed by atoms with Gasteiger partial charge < -0.3 is 14.8 Å². The highest BCUT2D eigenvalue weighted by molar-refractivity contribution is 7.17. The highest BCUT2D eigenvalue weighted by Gasteiger charge is 2.31. The number of pyridine rings is 1. The van der Waals surface area contributed by atoms with E-state index in [-0.39, 0.29) is 6.61 Å². The summed E-state index contributed by atoms with van der Waals surface area (Å²) in [5.41, 5.74) is 1.73. The largest absolute Gasteiger partial charge is 0.462 e. The quantitative estimate of drug-likeness (QED) is 0.667. The third kappa shape index (κ3) is 4.87. The number of fused-ring (bicyclic) bond motifs is 1. The molecule has 2 atom stereocenters. The number of rotatable bonds is 7. The van der Waals surface area contributed by atoms with Crippen molar-refractivity contribution in [3.63, 3.8) is 0 Å². The molecule has 7 nitrogen and oxygen atoms in total. The second kappa shape index (κ2) is 9.84. The number of thiophene rings is 1. The number of hydrogen-bond donors (Lipinski definition) is 1. The zero-order valence-electron chi connectivity index (χ0n) is 17.4. The van der Waals surface area contributed by atoms with E-state index in [0.717, 1.165) is 29.7 Å². The molecule has 1 N–H and O–H groups in total. The van der Waals surface area contributed by atoms with Crippen molar-refractivity contribution >= 4 is 34.2 Å². The molecule has 0 spiro atoms. The number of carbonyl (C=O) groups excluding carboxylic acids is 3. The Kier molecular flexibility index (Phi) is 7.20. The third-order valence-corrected chi connectivity index (χ3v) is 6.23. The van der Waals surface area contributed by atoms with Crippen LogP contribution in [0.5, 0.6) is 0 Å². The molecule has 0 radical (unpaired) electrons. The summed E-state index contributed by atoms with van der Waals surface area (Å²) in [7, 11) is 0. The molecule has 30 heavy (non-hydrogen) atoms. The summed E-state index contributed by atoms with van der Waals surface area (Å²) in [5.74, 6) is -0.956. The smallest absolute Gasteiger partial charge is 0.341 e. The first-order valence-electron chi connectivity index (χ1n) is 10.2. The van der Waals surface area contributed by atoms with Crippen molar-refractivity contribution in [2.24, 2.45) is 5.92 Å². The van der Waals surface area contributed by atoms with Crippen LogP contribution in [-0.4, -0.2) is 35.5 Å². The molecule has 0 fully saturated rings. The molecule has 2 unspecified atom stereocenters. The number of nitrogens with one attached hydrogen (secondary N) is 1. The van der Waals surface area contributed by atoms with Gasteiger partial charge in [-0.25, -0.2) is 9.59 Å². The van der Waals surface area contributed by atoms with Crippen LogP contribution in [-0.2, 0) is 27.1 Å². The van der Waals surface area contributed by atoms with Gasteiger partial charge in [-0.15, -0.1) is 11.3 Å². The van der Waals surface area contributed by atoms with Crippen LogP contribution in [0.15, 0.2) is 24.5 Å². The first kappa shape index (κ1) is 22.0. The maximum Gasteiger partial charge on any atom is 0.341 e. The topological polar surface area (TPSA) is 94.6 Å². The molecule has 160 valence electrons. The minimum atomic E-state index is -0.973. The van der Waals surface area contributed by atoms with Gasteiger partial charge in [0.05, 0.1) is 17.7 Å². The van der Waals surface area contributed by atoms with Crippen LogP contribution in [0.4, 0.5) is 5.00 Å². The standard InChI is InChI=1S/C22H26N2O5S/c1-4-16(29-21(26)14-8-10-23-11-9-14)19(25)24-20-18(22(27)28-5-2)15-7-6-13(3)12-17(15)30-20/h8-11,13,16H,4-7,12H2,1-3H3,(H,24,25). The highest BCUT2D eigenvalue weighted by atomic mass is 32.1. The molecule has 1 aliphatic rings. The lowest BCUT2D eigenvalue weighted by Crippen LogP contribution is -2.32. The Hall–Kier alpha value is -2.74. The Labute approximate surface area is 179 Å². The highest BCUT2D eigenvalue weighted by Crippen LogP contribution is 2.40. The van der Waals surface area contributed by atoms with Crippen molar-refractivity contribution in [1.29, 1.82) is 0 Å². The molecule has 2 aromatic rings. The van der Waals surface area contributed by atoms with Crippen LogP contribution in [0.2, 0.25) is 0 Å². The van der Waals surface area contributed by atoms with Gasteiger partial charge in [-0.3, -0.25) is 9.78 Å². The van der Waals surface area contributed by atoms with Crippen molar-refractivity contribution in [3.8, 4) is 0 Å². The van der Waals surface area contributed by atoms with Gasteiger partial charge in [-0.2, -0.15) is 0 Å². The monoisotopic (exact) mass is 430 g/mol. The second-order valence-electron chi connectivity index (χ2n) is 7.30. The van der Waals surface area contributed by atoms with E-state index >= 15 is 0 Å². The number of carbonyl (C=O) groups is 3. The van der Waals surface area contributed by atoms with Gasteiger partial charge >= 0.3 is 11.9 Å². The summed E-state index contributed by atoms with van der Waals surface area (Å²) < 4.78 is 10.6. The summed E-state index contributed by atoms with van der Waals surface area (Å²) >= 11 is 1.41. The van der Waals surface area contributed by atoms with E-state index in [4.69, 9.17) is 9.47 Å². The maximum atomic E-state index is 12.9. The third-order valence-electron chi connectivity index (χ3n) is 5.06. The van der Waals surface area contributed by atoms with Crippen molar-refractivity contribution in [2.75, 3.05) is 11.9 Å². The number of esters is 2. The molecule has 0 aromatic carbocycles. The van der Waals surface area contributed by atoms with Gasteiger partial charge in [-0.05, 0) is 56.2 Å². The number of amides is 1. The van der Waals surface area contributed by atoms with Crippen LogP contribution in [0, 0.1) is 5.92 Å². The molecule has 2 aromatic heterocycles. The molecule has 2 heterocycles. The fourth-order valence-electron chi connectivity index (χ4n) is 3.46. The van der Waals surface area contributed by atoms with Crippen LogP contribution in [0.25, 0.3) is 0 Å². The summed E-state index contributed by atoms with van der Waals surface area (Å²) in [6.07, 6.45) is 4.95. The van der Waals surface area contributed by atoms with Crippen LogP contribution < -0.4 is 5.32 Å². The predicted molar refractivity (Wildman–Crippen MR) is 114 cm³/mol. The lowest BCUT2D eigenvalue weighted by atomic mass is 9.88. The second-order valence-corrected chi connectivity index (χ2v) is 8.41. The molecule has 0 saturated heterocycles. The van der Waals surface area contributed by atoms with E-state index in [0.29, 0.717) is 28.5 Å². The van der Waals surface area contributed by atoms with E-state index < -0.39 is 23.9 Å². The number of ether oxygens (including phenoxy) is 2. The van der Waals surface area contributed by atoms with E-state index in [1.807, 2.05) is 0 Å². The summed E-state index contributed by atoms with van der Waals surface area (Å²) in [5, 5.41) is 3.29. The van der Waals surface area contributed by atoms with Crippen molar-refractivity contribution in [3.05, 3.63) is 46.1 Å². The van der Waals surface area contributed by atoms with Gasteiger partial charge in [-0.1, -0.05) is 13.8 Å². The summed E-state index contributed by atoms with van der Waals surface area (Å²) in [6, 6.07) is 3.06. The van der Waals surface area contributed by atoms with E-state index in [1.165, 1.54) is 35.9 Å². The summed E-state index contributed by atoms with van der Waals surface area (Å²) in [4.78, 5) is 42.8. The number of nitrogens with zero attached hydrogens (tertiary/aromatic N) is 1. The molecule has 0 aliphatic heterocycles. The minimum absolute atomic E-state index is 0.258. The molecule has 3 rings (SSSR count). The van der Waals surface area contributed by atoms with Crippen molar-refractivity contribution in [1.82, 2.24) is 4.98 Å². The Bertz CT molecular complexity index is 925. The molecular weight excluding hydrogens is 404 g/mol. The van der Waals surface area contributed by atoms with Crippen LogP contribution >= 0.6 is 11.3 Å². The summed E-state index contributed by atoms with van der Waals surface area (Å²) in [6.45, 7) is 5.95. The lowest BCUT2D eigenvalue weighted by Gasteiger charge is -2.18. The Morgan fingerprint density at radius 1 is 1.23 bits per heavy atom. The zero-order valence-corrected chi connectivity index (χ0v) is 18.2. The molecule has 8 heteroatoms. The molecule has 0 bridgehead atoms. The maximum absolute atomic E-state index is 12.9. The number of aromatic nitrogens is 1. The van der Waals surface area contributed by atoms with Gasteiger partial charge in [0, 0.05) is 17.3 Å². The first-order chi connectivity index (χ1) is 14.4. The average Bonchev–Trinajstić information content (AvgIpc) is 3.09. The number of anilines is 1. The van der Waals surface area contributed by atoms with E-state index in [1.54, 1.807) is 13.8 Å². The molecular formula is C22H26N2O5S. The van der Waals surface area contributed by atoms with Gasteiger partial charge in [0.1, 0.15) is 5.00 Å². The van der Waals surface area contributed by atoms with Crippen LogP contribution in [0.1, 0.15) is 64.8 Å². The Morgan fingerprint density at radius 2 is 1.97 bits per heavy atom. The zero-order chi connectivity index (χ0) is 21.7. The van der Waals surface area contributed by atoms with E-state index in [2.05, 4.69) is 17.2 Å². The van der Waals surface area contributed by atoms with Gasteiger partial charge in [0.15, 0.2) is 6.10 Å².